The Bertz CT molecular complexity index is 713. The summed E-state index contributed by atoms with van der Waals surface area (Å²) >= 11 is 0. The second-order valence-corrected chi connectivity index (χ2v) is 5.94. The smallest absolute Gasteiger partial charge is 0.433 e. The Morgan fingerprint density at radius 3 is 2.44 bits per heavy atom. The maximum atomic E-state index is 13.1. The van der Waals surface area contributed by atoms with Gasteiger partial charge in [-0.2, -0.15) is 13.2 Å². The Balaban J connectivity index is 1.66. The first kappa shape index (κ1) is 17.5. The van der Waals surface area contributed by atoms with E-state index in [2.05, 4.69) is 9.88 Å². The van der Waals surface area contributed by atoms with Gasteiger partial charge in [-0.1, -0.05) is 18.2 Å². The van der Waals surface area contributed by atoms with Crippen LogP contribution in [0.25, 0.3) is 0 Å². The van der Waals surface area contributed by atoms with Crippen molar-refractivity contribution in [2.24, 2.45) is 0 Å². The van der Waals surface area contributed by atoms with Crippen molar-refractivity contribution in [3.63, 3.8) is 0 Å². The van der Waals surface area contributed by atoms with Crippen LogP contribution in [0, 0.1) is 0 Å². The predicted octanol–water partition coefficient (Wildman–Crippen LogP) is 3.43. The van der Waals surface area contributed by atoms with Crippen LogP contribution in [0.3, 0.4) is 0 Å². The van der Waals surface area contributed by atoms with Gasteiger partial charge in [0.1, 0.15) is 11.4 Å². The number of alkyl halides is 3. The molecule has 3 rings (SSSR count). The third kappa shape index (κ3) is 4.04. The van der Waals surface area contributed by atoms with Crippen molar-refractivity contribution in [1.29, 1.82) is 0 Å². The lowest BCUT2D eigenvalue weighted by Gasteiger charge is -2.36. The Morgan fingerprint density at radius 1 is 1.04 bits per heavy atom. The summed E-state index contributed by atoms with van der Waals surface area (Å²) in [6.07, 6.45) is -3.23. The molecule has 1 aliphatic rings. The molecule has 1 fully saturated rings. The standard InChI is InChI=1S/C18H20F3N3O/c1-25-16-7-3-2-6-15(16)24-11-9-23(10-12-24)13-14-5-4-8-22-17(14)18(19,20)21/h2-8H,9-13H2,1H3. The van der Waals surface area contributed by atoms with Gasteiger partial charge in [0.2, 0.25) is 0 Å². The highest BCUT2D eigenvalue weighted by Gasteiger charge is 2.35. The Labute approximate surface area is 144 Å². The molecule has 7 heteroatoms. The molecule has 0 saturated carbocycles. The molecule has 2 aromatic rings. The number of hydrogen-bond acceptors (Lipinski definition) is 4. The third-order valence-electron chi connectivity index (χ3n) is 4.35. The number of halogens is 3. The molecule has 1 saturated heterocycles. The van der Waals surface area contributed by atoms with Crippen LogP contribution in [-0.4, -0.2) is 43.2 Å². The van der Waals surface area contributed by atoms with Crippen molar-refractivity contribution in [3.05, 3.63) is 53.9 Å². The number of rotatable bonds is 4. The zero-order chi connectivity index (χ0) is 17.9. The molecule has 0 N–H and O–H groups in total. The molecule has 0 spiro atoms. The lowest BCUT2D eigenvalue weighted by molar-refractivity contribution is -0.142. The maximum Gasteiger partial charge on any atom is 0.433 e. The van der Waals surface area contributed by atoms with Crippen molar-refractivity contribution >= 4 is 5.69 Å². The number of piperazine rings is 1. The Hall–Kier alpha value is -2.28. The minimum atomic E-state index is -4.42. The number of hydrogen-bond donors (Lipinski definition) is 0. The van der Waals surface area contributed by atoms with Gasteiger partial charge in [0, 0.05) is 38.9 Å². The fourth-order valence-corrected chi connectivity index (χ4v) is 3.10. The summed E-state index contributed by atoms with van der Waals surface area (Å²) < 4.78 is 44.6. The van der Waals surface area contributed by atoms with E-state index in [0.717, 1.165) is 24.5 Å². The molecule has 0 amide bonds. The Morgan fingerprint density at radius 2 is 1.76 bits per heavy atom. The molecule has 25 heavy (non-hydrogen) atoms. The van der Waals surface area contributed by atoms with E-state index < -0.39 is 11.9 Å². The summed E-state index contributed by atoms with van der Waals surface area (Å²) in [7, 11) is 1.64. The van der Waals surface area contributed by atoms with Crippen molar-refractivity contribution in [2.75, 3.05) is 38.2 Å². The second kappa shape index (κ2) is 7.31. The summed E-state index contributed by atoms with van der Waals surface area (Å²) in [5.74, 6) is 0.808. The monoisotopic (exact) mass is 351 g/mol. The number of benzene rings is 1. The summed E-state index contributed by atoms with van der Waals surface area (Å²) in [5, 5.41) is 0. The summed E-state index contributed by atoms with van der Waals surface area (Å²) in [6, 6.07) is 10.8. The van der Waals surface area contributed by atoms with E-state index in [1.165, 1.54) is 12.3 Å². The molecule has 1 aliphatic heterocycles. The highest BCUT2D eigenvalue weighted by Crippen LogP contribution is 2.31. The molecule has 0 radical (unpaired) electrons. The zero-order valence-electron chi connectivity index (χ0n) is 14.0. The SMILES string of the molecule is COc1ccccc1N1CCN(Cc2cccnc2C(F)(F)F)CC1. The average Bonchev–Trinajstić information content (AvgIpc) is 2.62. The molecule has 4 nitrogen and oxygen atoms in total. The van der Waals surface area contributed by atoms with Gasteiger partial charge < -0.3 is 9.64 Å². The van der Waals surface area contributed by atoms with E-state index in [1.807, 2.05) is 29.2 Å². The van der Waals surface area contributed by atoms with Gasteiger partial charge in [-0.05, 0) is 23.8 Å². The van der Waals surface area contributed by atoms with Crippen LogP contribution in [0.2, 0.25) is 0 Å². The number of aromatic nitrogens is 1. The second-order valence-electron chi connectivity index (χ2n) is 5.94. The van der Waals surface area contributed by atoms with Crippen LogP contribution in [0.4, 0.5) is 18.9 Å². The first-order valence-electron chi connectivity index (χ1n) is 8.10. The number of methoxy groups -OCH3 is 1. The fourth-order valence-electron chi connectivity index (χ4n) is 3.10. The number of para-hydroxylation sites is 2. The summed E-state index contributed by atoms with van der Waals surface area (Å²) in [5.41, 5.74) is 0.449. The molecule has 0 atom stereocenters. The molecule has 1 aromatic heterocycles. The first-order chi connectivity index (χ1) is 12.0. The fraction of sp³-hybridized carbons (Fsp3) is 0.389. The van der Waals surface area contributed by atoms with Gasteiger partial charge in [0.05, 0.1) is 12.8 Å². The van der Waals surface area contributed by atoms with Crippen LogP contribution in [0.15, 0.2) is 42.6 Å². The number of ether oxygens (including phenoxy) is 1. The van der Waals surface area contributed by atoms with E-state index in [4.69, 9.17) is 4.74 Å². The van der Waals surface area contributed by atoms with Crippen LogP contribution in [0.1, 0.15) is 11.3 Å². The number of nitrogens with zero attached hydrogens (tertiary/aromatic N) is 3. The van der Waals surface area contributed by atoms with Gasteiger partial charge in [-0.15, -0.1) is 0 Å². The van der Waals surface area contributed by atoms with E-state index in [9.17, 15) is 13.2 Å². The highest BCUT2D eigenvalue weighted by atomic mass is 19.4. The van der Waals surface area contributed by atoms with Crippen LogP contribution >= 0.6 is 0 Å². The lowest BCUT2D eigenvalue weighted by atomic mass is 10.1. The molecular weight excluding hydrogens is 331 g/mol. The van der Waals surface area contributed by atoms with Gasteiger partial charge in [-0.3, -0.25) is 9.88 Å². The predicted molar refractivity (Wildman–Crippen MR) is 89.7 cm³/mol. The van der Waals surface area contributed by atoms with Crippen molar-refractivity contribution in [3.8, 4) is 5.75 Å². The van der Waals surface area contributed by atoms with Gasteiger partial charge in [-0.25, -0.2) is 0 Å². The highest BCUT2D eigenvalue weighted by molar-refractivity contribution is 5.58. The molecule has 134 valence electrons. The average molecular weight is 351 g/mol. The number of pyridine rings is 1. The zero-order valence-corrected chi connectivity index (χ0v) is 14.0. The van der Waals surface area contributed by atoms with Gasteiger partial charge >= 0.3 is 6.18 Å². The first-order valence-corrected chi connectivity index (χ1v) is 8.10. The third-order valence-corrected chi connectivity index (χ3v) is 4.35. The van der Waals surface area contributed by atoms with Crippen molar-refractivity contribution in [2.45, 2.75) is 12.7 Å². The van der Waals surface area contributed by atoms with E-state index in [1.54, 1.807) is 13.2 Å². The van der Waals surface area contributed by atoms with E-state index in [0.29, 0.717) is 13.1 Å². The molecule has 0 aliphatic carbocycles. The molecule has 2 heterocycles. The minimum Gasteiger partial charge on any atom is -0.495 e. The number of anilines is 1. The summed E-state index contributed by atoms with van der Waals surface area (Å²) in [4.78, 5) is 7.75. The van der Waals surface area contributed by atoms with Crippen LogP contribution in [-0.2, 0) is 12.7 Å². The molecule has 0 bridgehead atoms. The Kier molecular flexibility index (Phi) is 5.13. The normalized spacial score (nSPS) is 16.1. The topological polar surface area (TPSA) is 28.6 Å². The van der Waals surface area contributed by atoms with Crippen molar-refractivity contribution in [1.82, 2.24) is 9.88 Å². The van der Waals surface area contributed by atoms with E-state index in [-0.39, 0.29) is 12.1 Å². The molecule has 1 aromatic carbocycles. The van der Waals surface area contributed by atoms with E-state index >= 15 is 0 Å². The van der Waals surface area contributed by atoms with Crippen molar-refractivity contribution < 1.29 is 17.9 Å². The summed E-state index contributed by atoms with van der Waals surface area (Å²) in [6.45, 7) is 3.10. The molecular formula is C18H20F3N3O. The van der Waals surface area contributed by atoms with Gasteiger partial charge in [0.15, 0.2) is 0 Å². The van der Waals surface area contributed by atoms with Crippen LogP contribution in [0.5, 0.6) is 5.75 Å². The largest absolute Gasteiger partial charge is 0.495 e. The quantitative estimate of drug-likeness (QED) is 0.844. The molecule has 0 unspecified atom stereocenters. The van der Waals surface area contributed by atoms with Gasteiger partial charge in [0.25, 0.3) is 0 Å². The minimum absolute atomic E-state index is 0.223. The van der Waals surface area contributed by atoms with Crippen LogP contribution < -0.4 is 9.64 Å². The maximum absolute atomic E-state index is 13.1. The lowest BCUT2D eigenvalue weighted by Crippen LogP contribution is -2.46.